The third-order valence-electron chi connectivity index (χ3n) is 3.35. The van der Waals surface area contributed by atoms with Gasteiger partial charge in [0.05, 0.1) is 9.82 Å². The molecule has 3 N–H and O–H groups in total. The summed E-state index contributed by atoms with van der Waals surface area (Å²) >= 11 is 0. The number of nitrogens with zero attached hydrogens (tertiary/aromatic N) is 1. The summed E-state index contributed by atoms with van der Waals surface area (Å²) in [5.74, 6) is 0. The van der Waals surface area contributed by atoms with Crippen molar-refractivity contribution >= 4 is 25.7 Å². The third-order valence-corrected chi connectivity index (χ3v) is 5.85. The summed E-state index contributed by atoms with van der Waals surface area (Å²) in [6, 6.07) is 9.36. The van der Waals surface area contributed by atoms with Gasteiger partial charge in [0.25, 0.3) is 5.69 Å². The molecule has 2 aromatic carbocycles. The molecule has 2 rings (SSSR count). The van der Waals surface area contributed by atoms with Gasteiger partial charge in [-0.05, 0) is 30.2 Å². The van der Waals surface area contributed by atoms with Crippen LogP contribution in [0.25, 0.3) is 0 Å². The Morgan fingerprint density at radius 1 is 1.12 bits per heavy atom. The maximum Gasteiger partial charge on any atom is 0.289 e. The number of primary sulfonamides is 1. The first-order valence-electron chi connectivity index (χ1n) is 6.88. The second kappa shape index (κ2) is 6.88. The average molecular weight is 385 g/mol. The molecule has 25 heavy (non-hydrogen) atoms. The van der Waals surface area contributed by atoms with Gasteiger partial charge < -0.3 is 0 Å². The van der Waals surface area contributed by atoms with Crippen molar-refractivity contribution < 1.29 is 21.8 Å². The number of hydrogen-bond acceptors (Lipinski definition) is 6. The van der Waals surface area contributed by atoms with Crippen molar-refractivity contribution in [3.63, 3.8) is 0 Å². The molecule has 0 amide bonds. The van der Waals surface area contributed by atoms with Crippen LogP contribution < -0.4 is 9.86 Å². The van der Waals surface area contributed by atoms with Gasteiger partial charge in [-0.2, -0.15) is 0 Å². The number of rotatable bonds is 6. The Morgan fingerprint density at radius 2 is 1.76 bits per heavy atom. The minimum atomic E-state index is -4.19. The summed E-state index contributed by atoms with van der Waals surface area (Å²) in [6.45, 7) is 1.19. The number of aryl methyl sites for hydroxylation is 1. The molecule has 11 heteroatoms. The van der Waals surface area contributed by atoms with E-state index in [9.17, 15) is 26.9 Å². The quantitative estimate of drug-likeness (QED) is 0.560. The van der Waals surface area contributed by atoms with Crippen molar-refractivity contribution in [3.8, 4) is 0 Å². The summed E-state index contributed by atoms with van der Waals surface area (Å²) in [5.41, 5.74) is 0.0251. The van der Waals surface area contributed by atoms with Gasteiger partial charge in [-0.25, -0.2) is 26.7 Å². The number of nitro benzene ring substituents is 1. The van der Waals surface area contributed by atoms with Gasteiger partial charge in [-0.1, -0.05) is 24.3 Å². The van der Waals surface area contributed by atoms with Crippen LogP contribution in [0.2, 0.25) is 0 Å². The number of nitro groups is 1. The van der Waals surface area contributed by atoms with E-state index in [4.69, 9.17) is 5.14 Å². The highest BCUT2D eigenvalue weighted by molar-refractivity contribution is 7.89. The van der Waals surface area contributed by atoms with Gasteiger partial charge in [-0.15, -0.1) is 0 Å². The van der Waals surface area contributed by atoms with Crippen LogP contribution in [0.3, 0.4) is 0 Å². The highest BCUT2D eigenvalue weighted by Crippen LogP contribution is 2.26. The molecule has 0 unspecified atom stereocenters. The minimum absolute atomic E-state index is 0.161. The maximum absolute atomic E-state index is 12.5. The Labute approximate surface area is 144 Å². The molecular formula is C14H15N3O6S2. The Balaban J connectivity index is 2.35. The fourth-order valence-electron chi connectivity index (χ4n) is 2.21. The van der Waals surface area contributed by atoms with E-state index in [0.29, 0.717) is 5.56 Å². The molecule has 0 saturated carbocycles. The number of nitrogens with one attached hydrogen (secondary N) is 1. The van der Waals surface area contributed by atoms with E-state index < -0.39 is 35.6 Å². The molecule has 134 valence electrons. The van der Waals surface area contributed by atoms with Crippen LogP contribution in [-0.2, 0) is 26.6 Å². The Bertz CT molecular complexity index is 1030. The normalized spacial score (nSPS) is 12.1. The van der Waals surface area contributed by atoms with E-state index in [0.717, 1.165) is 6.07 Å². The summed E-state index contributed by atoms with van der Waals surface area (Å²) < 4.78 is 49.9. The van der Waals surface area contributed by atoms with Crippen molar-refractivity contribution in [1.82, 2.24) is 4.72 Å². The molecule has 0 radical (unpaired) electrons. The topological polar surface area (TPSA) is 149 Å². The summed E-state index contributed by atoms with van der Waals surface area (Å²) in [7, 11) is -8.11. The van der Waals surface area contributed by atoms with Gasteiger partial charge in [0, 0.05) is 12.6 Å². The van der Waals surface area contributed by atoms with Crippen molar-refractivity contribution in [3.05, 3.63) is 63.7 Å². The highest BCUT2D eigenvalue weighted by atomic mass is 32.2. The molecule has 2 aromatic rings. The second-order valence-corrected chi connectivity index (χ2v) is 8.46. The standard InChI is InChI=1S/C14H15N3O6S2/c1-10-4-2-7-13(17(18)19)14(10)25(22,23)16-9-11-5-3-6-12(8-11)24(15,20)21/h2-8,16H,9H2,1H3,(H2,15,20,21). The van der Waals surface area contributed by atoms with E-state index in [-0.39, 0.29) is 17.0 Å². The lowest BCUT2D eigenvalue weighted by Crippen LogP contribution is -2.25. The number of hydrogen-bond donors (Lipinski definition) is 2. The minimum Gasteiger partial charge on any atom is -0.258 e. The molecule has 0 aromatic heterocycles. The van der Waals surface area contributed by atoms with Gasteiger partial charge in [-0.3, -0.25) is 10.1 Å². The molecule has 0 spiro atoms. The molecule has 0 atom stereocenters. The zero-order valence-electron chi connectivity index (χ0n) is 13.0. The van der Waals surface area contributed by atoms with E-state index in [1.807, 2.05) is 0 Å². The number of sulfonamides is 2. The third kappa shape index (κ3) is 4.39. The Hall–Kier alpha value is -2.34. The Kier molecular flexibility index (Phi) is 5.23. The molecule has 0 bridgehead atoms. The van der Waals surface area contributed by atoms with Gasteiger partial charge in [0.2, 0.25) is 20.0 Å². The first-order valence-corrected chi connectivity index (χ1v) is 9.91. The molecule has 0 aliphatic heterocycles. The average Bonchev–Trinajstić information content (AvgIpc) is 2.52. The molecular weight excluding hydrogens is 370 g/mol. The Morgan fingerprint density at radius 3 is 2.36 bits per heavy atom. The fourth-order valence-corrected chi connectivity index (χ4v) is 4.21. The number of nitrogens with two attached hydrogens (primary N) is 1. The number of benzene rings is 2. The van der Waals surface area contributed by atoms with Crippen molar-refractivity contribution in [2.45, 2.75) is 23.3 Å². The first-order chi connectivity index (χ1) is 11.5. The first kappa shape index (κ1) is 19.0. The predicted molar refractivity (Wildman–Crippen MR) is 89.7 cm³/mol. The van der Waals surface area contributed by atoms with Gasteiger partial charge in [0.15, 0.2) is 4.90 Å². The lowest BCUT2D eigenvalue weighted by atomic mass is 10.2. The SMILES string of the molecule is Cc1cccc([N+](=O)[O-])c1S(=O)(=O)NCc1cccc(S(N)(=O)=O)c1. The van der Waals surface area contributed by atoms with Crippen molar-refractivity contribution in [1.29, 1.82) is 0 Å². The maximum atomic E-state index is 12.5. The molecule has 0 aliphatic carbocycles. The van der Waals surface area contributed by atoms with Crippen molar-refractivity contribution in [2.75, 3.05) is 0 Å². The zero-order chi connectivity index (χ0) is 18.8. The van der Waals surface area contributed by atoms with E-state index in [1.54, 1.807) is 0 Å². The van der Waals surface area contributed by atoms with Crippen LogP contribution in [-0.4, -0.2) is 21.8 Å². The van der Waals surface area contributed by atoms with E-state index in [1.165, 1.54) is 43.3 Å². The van der Waals surface area contributed by atoms with Crippen LogP contribution in [0.1, 0.15) is 11.1 Å². The molecule has 0 aliphatic rings. The van der Waals surface area contributed by atoms with E-state index in [2.05, 4.69) is 4.72 Å². The van der Waals surface area contributed by atoms with Crippen molar-refractivity contribution in [2.24, 2.45) is 5.14 Å². The van der Waals surface area contributed by atoms with Crippen LogP contribution in [0, 0.1) is 17.0 Å². The fraction of sp³-hybridized carbons (Fsp3) is 0.143. The largest absolute Gasteiger partial charge is 0.289 e. The molecule has 0 heterocycles. The molecule has 9 nitrogen and oxygen atoms in total. The predicted octanol–water partition coefficient (Wildman–Crippen LogP) is 1.03. The monoisotopic (exact) mass is 385 g/mol. The van der Waals surface area contributed by atoms with E-state index >= 15 is 0 Å². The van der Waals surface area contributed by atoms with Crippen LogP contribution in [0.15, 0.2) is 52.3 Å². The lowest BCUT2D eigenvalue weighted by Gasteiger charge is -2.10. The molecule has 0 saturated heterocycles. The smallest absolute Gasteiger partial charge is 0.258 e. The summed E-state index contributed by atoms with van der Waals surface area (Å²) in [6.07, 6.45) is 0. The second-order valence-electron chi connectivity index (χ2n) is 5.20. The molecule has 0 fully saturated rings. The lowest BCUT2D eigenvalue weighted by molar-refractivity contribution is -0.387. The summed E-state index contributed by atoms with van der Waals surface area (Å²) in [4.78, 5) is 9.72. The zero-order valence-corrected chi connectivity index (χ0v) is 14.7. The van der Waals surface area contributed by atoms with Crippen LogP contribution in [0.4, 0.5) is 5.69 Å². The highest BCUT2D eigenvalue weighted by Gasteiger charge is 2.27. The van der Waals surface area contributed by atoms with Gasteiger partial charge in [0.1, 0.15) is 0 Å². The van der Waals surface area contributed by atoms with Crippen LogP contribution in [0.5, 0.6) is 0 Å². The summed E-state index contributed by atoms with van der Waals surface area (Å²) in [5, 5.41) is 16.1. The van der Waals surface area contributed by atoms with Crippen LogP contribution >= 0.6 is 0 Å². The van der Waals surface area contributed by atoms with Gasteiger partial charge >= 0.3 is 0 Å².